The molecule has 0 aromatic carbocycles. The average molecular weight is 217 g/mol. The summed E-state index contributed by atoms with van der Waals surface area (Å²) in [6.45, 7) is 6.19. The fourth-order valence-electron chi connectivity index (χ4n) is 1.24. The lowest BCUT2D eigenvalue weighted by atomic mass is 10.3. The second kappa shape index (κ2) is 5.91. The summed E-state index contributed by atoms with van der Waals surface area (Å²) in [5.74, 6) is 0.412. The van der Waals surface area contributed by atoms with Crippen molar-refractivity contribution in [3.05, 3.63) is 12.0 Å². The molecule has 0 saturated heterocycles. The molecule has 0 N–H and O–H groups in total. The first kappa shape index (κ1) is 11.4. The lowest BCUT2D eigenvalue weighted by molar-refractivity contribution is 0.531. The number of aromatic nitrogens is 1. The van der Waals surface area contributed by atoms with E-state index in [2.05, 4.69) is 23.7 Å². The Kier molecular flexibility index (Phi) is 4.80. The third-order valence-corrected chi connectivity index (χ3v) is 2.38. The molecular weight excluding hydrogens is 200 g/mol. The van der Waals surface area contributed by atoms with Crippen molar-refractivity contribution in [1.82, 2.24) is 4.98 Å². The minimum Gasteiger partial charge on any atom is -0.432 e. The fourth-order valence-corrected chi connectivity index (χ4v) is 1.36. The highest BCUT2D eigenvalue weighted by Crippen LogP contribution is 2.15. The van der Waals surface area contributed by atoms with E-state index < -0.39 is 0 Å². The van der Waals surface area contributed by atoms with Crippen LogP contribution in [0.15, 0.2) is 10.7 Å². The molecule has 0 amide bonds. The van der Waals surface area contributed by atoms with Crippen LogP contribution < -0.4 is 4.90 Å². The number of hydrogen-bond acceptors (Lipinski definition) is 3. The molecule has 0 spiro atoms. The standard InChI is InChI=1S/C10H17ClN2O/c1-3-5-6-13(4-2)10-12-9(7-11)8-14-10/h8H,3-7H2,1-2H3. The number of hydrogen-bond donors (Lipinski definition) is 0. The Morgan fingerprint density at radius 2 is 2.29 bits per heavy atom. The number of alkyl halides is 1. The van der Waals surface area contributed by atoms with Crippen molar-refractivity contribution in [2.24, 2.45) is 0 Å². The summed E-state index contributed by atoms with van der Waals surface area (Å²) in [5, 5.41) is 0. The highest BCUT2D eigenvalue weighted by molar-refractivity contribution is 6.16. The van der Waals surface area contributed by atoms with Crippen LogP contribution in [-0.4, -0.2) is 18.1 Å². The summed E-state index contributed by atoms with van der Waals surface area (Å²) in [7, 11) is 0. The largest absolute Gasteiger partial charge is 0.432 e. The summed E-state index contributed by atoms with van der Waals surface area (Å²) in [6, 6.07) is 0.691. The average Bonchev–Trinajstić information content (AvgIpc) is 2.68. The maximum absolute atomic E-state index is 5.65. The van der Waals surface area contributed by atoms with Crippen LogP contribution in [0.2, 0.25) is 0 Å². The van der Waals surface area contributed by atoms with Gasteiger partial charge in [0.05, 0.1) is 11.6 Å². The van der Waals surface area contributed by atoms with Gasteiger partial charge in [0.2, 0.25) is 0 Å². The maximum Gasteiger partial charge on any atom is 0.297 e. The molecule has 0 aliphatic carbocycles. The van der Waals surface area contributed by atoms with E-state index in [1.54, 1.807) is 6.26 Å². The Bertz CT molecular complexity index is 262. The Balaban J connectivity index is 2.58. The molecule has 4 heteroatoms. The van der Waals surface area contributed by atoms with Crippen LogP contribution in [0.4, 0.5) is 6.01 Å². The summed E-state index contributed by atoms with van der Waals surface area (Å²) >= 11 is 5.65. The highest BCUT2D eigenvalue weighted by Gasteiger charge is 2.09. The molecule has 1 rings (SSSR count). The molecule has 0 radical (unpaired) electrons. The molecular formula is C10H17ClN2O. The van der Waals surface area contributed by atoms with Crippen molar-refractivity contribution < 1.29 is 4.42 Å². The summed E-state index contributed by atoms with van der Waals surface area (Å²) in [6.07, 6.45) is 3.96. The topological polar surface area (TPSA) is 29.3 Å². The first-order valence-electron chi connectivity index (χ1n) is 5.07. The van der Waals surface area contributed by atoms with Crippen LogP contribution in [0, 0.1) is 0 Å². The molecule has 0 fully saturated rings. The van der Waals surface area contributed by atoms with Gasteiger partial charge in [-0.3, -0.25) is 0 Å². The van der Waals surface area contributed by atoms with E-state index in [1.807, 2.05) is 0 Å². The van der Waals surface area contributed by atoms with E-state index in [0.717, 1.165) is 25.2 Å². The summed E-state index contributed by atoms with van der Waals surface area (Å²) in [4.78, 5) is 6.40. The Morgan fingerprint density at radius 1 is 1.50 bits per heavy atom. The molecule has 1 heterocycles. The normalized spacial score (nSPS) is 10.5. The van der Waals surface area contributed by atoms with Gasteiger partial charge in [-0.05, 0) is 13.3 Å². The third-order valence-electron chi connectivity index (χ3n) is 2.11. The second-order valence-electron chi connectivity index (χ2n) is 3.19. The number of rotatable bonds is 6. The predicted molar refractivity (Wildman–Crippen MR) is 58.9 cm³/mol. The molecule has 0 saturated carbocycles. The molecule has 0 aliphatic rings. The third kappa shape index (κ3) is 2.91. The monoisotopic (exact) mass is 216 g/mol. The zero-order valence-corrected chi connectivity index (χ0v) is 9.55. The fraction of sp³-hybridized carbons (Fsp3) is 0.700. The van der Waals surface area contributed by atoms with Gasteiger partial charge in [0, 0.05) is 13.1 Å². The smallest absolute Gasteiger partial charge is 0.297 e. The number of halogens is 1. The van der Waals surface area contributed by atoms with Gasteiger partial charge in [-0.2, -0.15) is 4.98 Å². The molecule has 14 heavy (non-hydrogen) atoms. The first-order valence-corrected chi connectivity index (χ1v) is 5.60. The quantitative estimate of drug-likeness (QED) is 0.685. The molecule has 0 aliphatic heterocycles. The van der Waals surface area contributed by atoms with Gasteiger partial charge < -0.3 is 9.32 Å². The molecule has 80 valence electrons. The summed E-state index contributed by atoms with van der Waals surface area (Å²) in [5.41, 5.74) is 0.802. The van der Waals surface area contributed by atoms with E-state index in [0.29, 0.717) is 11.9 Å². The minimum absolute atomic E-state index is 0.412. The SMILES string of the molecule is CCCCN(CC)c1nc(CCl)co1. The number of oxazole rings is 1. The number of nitrogens with zero attached hydrogens (tertiary/aromatic N) is 2. The predicted octanol–water partition coefficient (Wildman–Crippen LogP) is 3.04. The maximum atomic E-state index is 5.65. The van der Waals surface area contributed by atoms with Crippen molar-refractivity contribution in [2.45, 2.75) is 32.6 Å². The van der Waals surface area contributed by atoms with E-state index in [9.17, 15) is 0 Å². The van der Waals surface area contributed by atoms with Gasteiger partial charge in [0.25, 0.3) is 6.01 Å². The molecule has 0 unspecified atom stereocenters. The van der Waals surface area contributed by atoms with E-state index in [4.69, 9.17) is 16.0 Å². The van der Waals surface area contributed by atoms with Gasteiger partial charge in [0.15, 0.2) is 0 Å². The van der Waals surface area contributed by atoms with Gasteiger partial charge in [-0.25, -0.2) is 0 Å². The second-order valence-corrected chi connectivity index (χ2v) is 3.46. The summed E-state index contributed by atoms with van der Waals surface area (Å²) < 4.78 is 5.34. The molecule has 0 atom stereocenters. The Hall–Kier alpha value is -0.700. The van der Waals surface area contributed by atoms with Crippen molar-refractivity contribution in [2.75, 3.05) is 18.0 Å². The molecule has 1 aromatic rings. The van der Waals surface area contributed by atoms with Crippen molar-refractivity contribution in [3.8, 4) is 0 Å². The number of anilines is 1. The molecule has 1 aromatic heterocycles. The Labute approximate surface area is 90.1 Å². The Morgan fingerprint density at radius 3 is 2.79 bits per heavy atom. The van der Waals surface area contributed by atoms with Crippen molar-refractivity contribution in [1.29, 1.82) is 0 Å². The van der Waals surface area contributed by atoms with Gasteiger partial charge in [-0.1, -0.05) is 13.3 Å². The van der Waals surface area contributed by atoms with Crippen LogP contribution in [-0.2, 0) is 5.88 Å². The van der Waals surface area contributed by atoms with Crippen LogP contribution in [0.25, 0.3) is 0 Å². The van der Waals surface area contributed by atoms with Crippen LogP contribution in [0.3, 0.4) is 0 Å². The highest BCUT2D eigenvalue weighted by atomic mass is 35.5. The van der Waals surface area contributed by atoms with Crippen LogP contribution in [0.1, 0.15) is 32.4 Å². The van der Waals surface area contributed by atoms with E-state index >= 15 is 0 Å². The number of unbranched alkanes of at least 4 members (excludes halogenated alkanes) is 1. The van der Waals surface area contributed by atoms with E-state index in [1.165, 1.54) is 6.42 Å². The van der Waals surface area contributed by atoms with Gasteiger partial charge in [-0.15, -0.1) is 11.6 Å². The van der Waals surface area contributed by atoms with Gasteiger partial charge in [0.1, 0.15) is 6.26 Å². The molecule has 0 bridgehead atoms. The zero-order valence-electron chi connectivity index (χ0n) is 8.79. The zero-order chi connectivity index (χ0) is 10.4. The van der Waals surface area contributed by atoms with Crippen molar-refractivity contribution in [3.63, 3.8) is 0 Å². The van der Waals surface area contributed by atoms with Crippen LogP contribution in [0.5, 0.6) is 0 Å². The van der Waals surface area contributed by atoms with Crippen molar-refractivity contribution >= 4 is 17.6 Å². The lowest BCUT2D eigenvalue weighted by Gasteiger charge is -2.17. The van der Waals surface area contributed by atoms with Crippen LogP contribution >= 0.6 is 11.6 Å². The van der Waals surface area contributed by atoms with E-state index in [-0.39, 0.29) is 0 Å². The van der Waals surface area contributed by atoms with Gasteiger partial charge >= 0.3 is 0 Å². The first-order chi connectivity index (χ1) is 6.81. The minimum atomic E-state index is 0.412. The molecule has 3 nitrogen and oxygen atoms in total. The lowest BCUT2D eigenvalue weighted by Crippen LogP contribution is -2.24.